The summed E-state index contributed by atoms with van der Waals surface area (Å²) in [5, 5.41) is 2.84. The number of carbonyl (C=O) groups is 2. The molecule has 1 unspecified atom stereocenters. The Balaban J connectivity index is 1.73. The van der Waals surface area contributed by atoms with Crippen molar-refractivity contribution in [2.24, 2.45) is 0 Å². The Kier molecular flexibility index (Phi) is 5.03. The first kappa shape index (κ1) is 15.2. The number of carbonyl (C=O) groups excluding carboxylic acids is 2. The molecule has 1 aliphatic heterocycles. The van der Waals surface area contributed by atoms with Gasteiger partial charge in [-0.2, -0.15) is 0 Å². The summed E-state index contributed by atoms with van der Waals surface area (Å²) in [6.45, 7) is 3.04. The van der Waals surface area contributed by atoms with Gasteiger partial charge in [0.05, 0.1) is 18.7 Å². The lowest BCUT2D eigenvalue weighted by atomic mass is 10.2. The normalized spacial score (nSPS) is 17.6. The average molecular weight is 291 g/mol. The van der Waals surface area contributed by atoms with Crippen LogP contribution in [-0.2, 0) is 9.59 Å². The highest BCUT2D eigenvalue weighted by molar-refractivity contribution is 5.77. The van der Waals surface area contributed by atoms with Gasteiger partial charge in [-0.15, -0.1) is 0 Å². The number of amides is 2. The molecule has 0 radical (unpaired) electrons. The Morgan fingerprint density at radius 1 is 1.43 bits per heavy atom. The zero-order chi connectivity index (χ0) is 15.2. The van der Waals surface area contributed by atoms with E-state index < -0.39 is 0 Å². The van der Waals surface area contributed by atoms with E-state index in [1.165, 1.54) is 6.92 Å². The summed E-state index contributed by atoms with van der Waals surface area (Å²) in [6, 6.07) is 7.28. The van der Waals surface area contributed by atoms with Crippen LogP contribution in [0.25, 0.3) is 0 Å². The van der Waals surface area contributed by atoms with E-state index in [-0.39, 0.29) is 17.9 Å². The van der Waals surface area contributed by atoms with Crippen LogP contribution in [0.1, 0.15) is 19.8 Å². The lowest BCUT2D eigenvalue weighted by Gasteiger charge is -2.17. The topological polar surface area (TPSA) is 84.7 Å². The van der Waals surface area contributed by atoms with Gasteiger partial charge in [0.15, 0.2) is 0 Å². The van der Waals surface area contributed by atoms with Gasteiger partial charge in [-0.05, 0) is 18.6 Å². The molecule has 1 atom stereocenters. The van der Waals surface area contributed by atoms with Crippen LogP contribution in [0.3, 0.4) is 0 Å². The number of nitrogens with zero attached hydrogens (tertiary/aromatic N) is 1. The van der Waals surface area contributed by atoms with Gasteiger partial charge in [-0.3, -0.25) is 9.59 Å². The monoisotopic (exact) mass is 291 g/mol. The predicted molar refractivity (Wildman–Crippen MR) is 79.8 cm³/mol. The molecule has 114 valence electrons. The van der Waals surface area contributed by atoms with Crippen molar-refractivity contribution >= 4 is 17.5 Å². The largest absolute Gasteiger partial charge is 0.491 e. The fraction of sp³-hybridized carbons (Fsp3) is 0.467. The first-order valence-electron chi connectivity index (χ1n) is 7.08. The van der Waals surface area contributed by atoms with E-state index in [2.05, 4.69) is 5.32 Å². The molecule has 21 heavy (non-hydrogen) atoms. The number of anilines is 1. The first-order chi connectivity index (χ1) is 10.1. The minimum Gasteiger partial charge on any atom is -0.491 e. The van der Waals surface area contributed by atoms with Crippen molar-refractivity contribution in [1.29, 1.82) is 0 Å². The molecular weight excluding hydrogens is 270 g/mol. The van der Waals surface area contributed by atoms with E-state index in [1.807, 2.05) is 12.1 Å². The summed E-state index contributed by atoms with van der Waals surface area (Å²) in [7, 11) is 0. The van der Waals surface area contributed by atoms with Gasteiger partial charge in [0.1, 0.15) is 5.75 Å². The zero-order valence-corrected chi connectivity index (χ0v) is 12.2. The number of likely N-dealkylation sites (tertiary alicyclic amines) is 1. The maximum absolute atomic E-state index is 12.1. The molecule has 1 aliphatic rings. The van der Waals surface area contributed by atoms with E-state index in [0.29, 0.717) is 37.6 Å². The van der Waals surface area contributed by atoms with Crippen molar-refractivity contribution in [3.8, 4) is 5.75 Å². The van der Waals surface area contributed by atoms with Gasteiger partial charge in [0, 0.05) is 26.1 Å². The average Bonchev–Trinajstić information content (AvgIpc) is 2.88. The minimum atomic E-state index is -0.0582. The number of benzene rings is 1. The first-order valence-corrected chi connectivity index (χ1v) is 7.08. The molecule has 2 amide bonds. The van der Waals surface area contributed by atoms with E-state index in [1.54, 1.807) is 17.0 Å². The van der Waals surface area contributed by atoms with Gasteiger partial charge in [-0.1, -0.05) is 12.1 Å². The number of rotatable bonds is 5. The van der Waals surface area contributed by atoms with Gasteiger partial charge in [0.2, 0.25) is 11.8 Å². The standard InChI is InChI=1S/C15H21N3O3/c1-11(19)17-12-6-8-18(10-12)15(20)7-9-21-14-5-3-2-4-13(14)16/h2-5,12H,6-10,16H2,1H3,(H,17,19). The van der Waals surface area contributed by atoms with Gasteiger partial charge < -0.3 is 20.7 Å². The van der Waals surface area contributed by atoms with Gasteiger partial charge in [-0.25, -0.2) is 0 Å². The lowest BCUT2D eigenvalue weighted by Crippen LogP contribution is -2.37. The summed E-state index contributed by atoms with van der Waals surface area (Å²) in [4.78, 5) is 24.8. The molecule has 6 nitrogen and oxygen atoms in total. The number of hydrogen-bond acceptors (Lipinski definition) is 4. The smallest absolute Gasteiger partial charge is 0.226 e. The third kappa shape index (κ3) is 4.37. The molecule has 2 rings (SSSR count). The number of para-hydroxylation sites is 2. The van der Waals surface area contributed by atoms with Crippen molar-refractivity contribution in [3.63, 3.8) is 0 Å². The highest BCUT2D eigenvalue weighted by atomic mass is 16.5. The molecule has 0 aromatic heterocycles. The molecule has 0 spiro atoms. The van der Waals surface area contributed by atoms with Crippen LogP contribution in [-0.4, -0.2) is 42.5 Å². The number of nitrogen functional groups attached to an aromatic ring is 1. The fourth-order valence-electron chi connectivity index (χ4n) is 2.41. The second kappa shape index (κ2) is 6.97. The molecule has 1 heterocycles. The Hall–Kier alpha value is -2.24. The predicted octanol–water partition coefficient (Wildman–Crippen LogP) is 0.775. The molecule has 6 heteroatoms. The van der Waals surface area contributed by atoms with Gasteiger partial charge >= 0.3 is 0 Å². The Labute approximate surface area is 124 Å². The maximum atomic E-state index is 12.1. The zero-order valence-electron chi connectivity index (χ0n) is 12.2. The summed E-state index contributed by atoms with van der Waals surface area (Å²) in [6.07, 6.45) is 1.11. The molecule has 1 saturated heterocycles. The lowest BCUT2D eigenvalue weighted by molar-refractivity contribution is -0.131. The Morgan fingerprint density at radius 2 is 2.19 bits per heavy atom. The van der Waals surface area contributed by atoms with Crippen molar-refractivity contribution in [2.75, 3.05) is 25.4 Å². The van der Waals surface area contributed by atoms with Crippen LogP contribution < -0.4 is 15.8 Å². The molecule has 3 N–H and O–H groups in total. The molecule has 0 saturated carbocycles. The summed E-state index contributed by atoms with van der Waals surface area (Å²) in [5.41, 5.74) is 6.33. The number of nitrogens with one attached hydrogen (secondary N) is 1. The maximum Gasteiger partial charge on any atom is 0.226 e. The Morgan fingerprint density at radius 3 is 2.90 bits per heavy atom. The quantitative estimate of drug-likeness (QED) is 0.785. The van der Waals surface area contributed by atoms with E-state index in [0.717, 1.165) is 6.42 Å². The highest BCUT2D eigenvalue weighted by Crippen LogP contribution is 2.20. The minimum absolute atomic E-state index is 0.0392. The molecule has 0 bridgehead atoms. The van der Waals surface area contributed by atoms with Crippen LogP contribution in [0.2, 0.25) is 0 Å². The van der Waals surface area contributed by atoms with E-state index >= 15 is 0 Å². The number of nitrogens with two attached hydrogens (primary N) is 1. The Bertz CT molecular complexity index is 519. The summed E-state index contributed by atoms with van der Waals surface area (Å²) in [5.74, 6) is 0.581. The van der Waals surface area contributed by atoms with Gasteiger partial charge in [0.25, 0.3) is 0 Å². The third-order valence-corrected chi connectivity index (χ3v) is 3.44. The fourth-order valence-corrected chi connectivity index (χ4v) is 2.41. The van der Waals surface area contributed by atoms with Crippen molar-refractivity contribution < 1.29 is 14.3 Å². The van der Waals surface area contributed by atoms with E-state index in [4.69, 9.17) is 10.5 Å². The molecule has 1 aromatic carbocycles. The van der Waals surface area contributed by atoms with Crippen LogP contribution >= 0.6 is 0 Å². The SMILES string of the molecule is CC(=O)NC1CCN(C(=O)CCOc2ccccc2N)C1. The summed E-state index contributed by atoms with van der Waals surface area (Å²) >= 11 is 0. The van der Waals surface area contributed by atoms with Crippen molar-refractivity contribution in [2.45, 2.75) is 25.8 Å². The van der Waals surface area contributed by atoms with Crippen LogP contribution in [0.15, 0.2) is 24.3 Å². The highest BCUT2D eigenvalue weighted by Gasteiger charge is 2.26. The van der Waals surface area contributed by atoms with Crippen LogP contribution in [0, 0.1) is 0 Å². The third-order valence-electron chi connectivity index (χ3n) is 3.44. The van der Waals surface area contributed by atoms with Crippen LogP contribution in [0.4, 0.5) is 5.69 Å². The molecule has 1 fully saturated rings. The van der Waals surface area contributed by atoms with E-state index in [9.17, 15) is 9.59 Å². The number of ether oxygens (including phenoxy) is 1. The number of hydrogen-bond donors (Lipinski definition) is 2. The second-order valence-electron chi connectivity index (χ2n) is 5.16. The second-order valence-corrected chi connectivity index (χ2v) is 5.16. The molecule has 0 aliphatic carbocycles. The molecule has 1 aromatic rings. The van der Waals surface area contributed by atoms with Crippen molar-refractivity contribution in [1.82, 2.24) is 10.2 Å². The van der Waals surface area contributed by atoms with Crippen molar-refractivity contribution in [3.05, 3.63) is 24.3 Å². The summed E-state index contributed by atoms with van der Waals surface area (Å²) < 4.78 is 5.52. The van der Waals surface area contributed by atoms with Crippen LogP contribution in [0.5, 0.6) is 5.75 Å². The molecular formula is C15H21N3O3.